The minimum atomic E-state index is -1.38. The van der Waals surface area contributed by atoms with Gasteiger partial charge in [-0.1, -0.05) is 35.0 Å². The Morgan fingerprint density at radius 1 is 1.30 bits per heavy atom. The van der Waals surface area contributed by atoms with Crippen molar-refractivity contribution in [3.8, 4) is 11.3 Å². The molecule has 9 nitrogen and oxygen atoms in total. The van der Waals surface area contributed by atoms with Gasteiger partial charge in [-0.25, -0.2) is 9.59 Å². The molecule has 0 aliphatic carbocycles. The number of hydrogen-bond donors (Lipinski definition) is 2. The molecule has 4 rings (SSSR count). The lowest BCUT2D eigenvalue weighted by Crippen LogP contribution is -2.71. The van der Waals surface area contributed by atoms with Crippen molar-refractivity contribution in [3.63, 3.8) is 0 Å². The molecule has 0 radical (unpaired) electrons. The third kappa shape index (κ3) is 3.03. The summed E-state index contributed by atoms with van der Waals surface area (Å²) < 4.78 is 5.26. The minimum absolute atomic E-state index is 0.105. The number of carboxylic acid groups (broad SMARTS) is 2. The Bertz CT molecular complexity index is 1100. The van der Waals surface area contributed by atoms with Gasteiger partial charge in [-0.3, -0.25) is 14.6 Å². The number of amides is 2. The number of halogens is 1. The van der Waals surface area contributed by atoms with E-state index in [0.29, 0.717) is 10.6 Å². The van der Waals surface area contributed by atoms with Crippen LogP contribution in [0, 0.1) is 6.92 Å². The third-order valence-electron chi connectivity index (χ3n) is 4.93. The topological polar surface area (TPSA) is 124 Å². The zero-order chi connectivity index (χ0) is 21.7. The van der Waals surface area contributed by atoms with Gasteiger partial charge in [0.15, 0.2) is 5.76 Å². The van der Waals surface area contributed by atoms with Crippen molar-refractivity contribution >= 4 is 47.0 Å². The molecule has 2 aromatic rings. The molecule has 3 atom stereocenters. The summed E-state index contributed by atoms with van der Waals surface area (Å²) >= 11 is 7.57. The number of fused-ring (bicyclic) bond motifs is 1. The van der Waals surface area contributed by atoms with Crippen molar-refractivity contribution < 1.29 is 29.1 Å². The molecule has 3 heterocycles. The van der Waals surface area contributed by atoms with Crippen LogP contribution in [0.3, 0.4) is 0 Å². The Balaban J connectivity index is 1.80. The molecule has 2 N–H and O–H groups in total. The maximum atomic E-state index is 12.9. The molecule has 0 saturated carbocycles. The first-order valence-corrected chi connectivity index (χ1v) is 10.2. The lowest BCUT2D eigenvalue weighted by atomic mass is 10.0. The molecule has 2 aliphatic heterocycles. The van der Waals surface area contributed by atoms with Gasteiger partial charge in [0.05, 0.1) is 5.02 Å². The number of benzene rings is 1. The van der Waals surface area contributed by atoms with Gasteiger partial charge in [-0.05, 0) is 26.0 Å². The quantitative estimate of drug-likeness (QED) is 0.680. The molecule has 11 heteroatoms. The average molecular weight is 450 g/mol. The van der Waals surface area contributed by atoms with Gasteiger partial charge in [0.25, 0.3) is 5.91 Å². The van der Waals surface area contributed by atoms with Crippen LogP contribution in [0.2, 0.25) is 5.02 Å². The van der Waals surface area contributed by atoms with Gasteiger partial charge in [-0.2, -0.15) is 0 Å². The maximum absolute atomic E-state index is 12.9. The van der Waals surface area contributed by atoms with E-state index in [4.69, 9.17) is 16.1 Å². The fourth-order valence-corrected chi connectivity index (χ4v) is 5.25. The van der Waals surface area contributed by atoms with Crippen LogP contribution in [0.15, 0.2) is 40.6 Å². The maximum Gasteiger partial charge on any atom is 0.412 e. The monoisotopic (exact) mass is 449 g/mol. The number of rotatable bonds is 4. The van der Waals surface area contributed by atoms with E-state index >= 15 is 0 Å². The highest BCUT2D eigenvalue weighted by Gasteiger charge is 2.58. The summed E-state index contributed by atoms with van der Waals surface area (Å²) in [6.45, 7) is 3.33. The van der Waals surface area contributed by atoms with Crippen molar-refractivity contribution in [1.29, 1.82) is 0 Å². The van der Waals surface area contributed by atoms with E-state index in [1.807, 2.05) is 0 Å². The second kappa shape index (κ2) is 7.37. The smallest absolute Gasteiger partial charge is 0.412 e. The van der Waals surface area contributed by atoms with Crippen LogP contribution in [0.4, 0.5) is 10.5 Å². The summed E-state index contributed by atoms with van der Waals surface area (Å²) in [5.74, 6) is -1.67. The van der Waals surface area contributed by atoms with Crippen LogP contribution in [-0.4, -0.2) is 54.9 Å². The molecular formula is C19H16ClN3O6S. The number of carbonyl (C=O) groups excluding carboxylic acids is 1. The SMILES string of the molecule is Cc1onc(-c2ccccc2Cl)c1N(C(=O)O)C1C(=O)N2C(C(=O)O)=CC(C)S[C@@H]12. The molecule has 156 valence electrons. The van der Waals surface area contributed by atoms with Crippen molar-refractivity contribution in [3.05, 3.63) is 46.8 Å². The van der Waals surface area contributed by atoms with Crippen LogP contribution in [0.25, 0.3) is 11.3 Å². The first-order valence-electron chi connectivity index (χ1n) is 8.89. The third-order valence-corrected chi connectivity index (χ3v) is 6.57. The number of thioether (sulfide) groups is 1. The van der Waals surface area contributed by atoms with Crippen LogP contribution in [-0.2, 0) is 9.59 Å². The number of hydrogen-bond acceptors (Lipinski definition) is 6. The number of carboxylic acids is 1. The molecular weight excluding hydrogens is 434 g/mol. The molecule has 1 fully saturated rings. The Morgan fingerprint density at radius 3 is 2.63 bits per heavy atom. The second-order valence-corrected chi connectivity index (χ2v) is 8.72. The number of aliphatic carboxylic acids is 1. The van der Waals surface area contributed by atoms with Crippen LogP contribution in [0.1, 0.15) is 12.7 Å². The fraction of sp³-hybridized carbons (Fsp3) is 0.263. The van der Waals surface area contributed by atoms with Gasteiger partial charge < -0.3 is 14.7 Å². The summed E-state index contributed by atoms with van der Waals surface area (Å²) in [5.41, 5.74) is 0.603. The molecule has 1 aromatic carbocycles. The van der Waals surface area contributed by atoms with Gasteiger partial charge >= 0.3 is 12.1 Å². The van der Waals surface area contributed by atoms with Crippen LogP contribution < -0.4 is 4.90 Å². The predicted molar refractivity (Wildman–Crippen MR) is 109 cm³/mol. The Labute approximate surface area is 179 Å². The summed E-state index contributed by atoms with van der Waals surface area (Å²) in [5, 5.41) is 22.9. The average Bonchev–Trinajstić information content (AvgIpc) is 3.06. The zero-order valence-electron chi connectivity index (χ0n) is 15.8. The summed E-state index contributed by atoms with van der Waals surface area (Å²) in [6.07, 6.45) is 0.0926. The zero-order valence-corrected chi connectivity index (χ0v) is 17.3. The molecule has 2 amide bonds. The second-order valence-electron chi connectivity index (χ2n) is 6.81. The summed E-state index contributed by atoms with van der Waals surface area (Å²) in [4.78, 5) is 38.8. The van der Waals surface area contributed by atoms with E-state index in [1.165, 1.54) is 17.8 Å². The number of aryl methyl sites for hydroxylation is 1. The van der Waals surface area contributed by atoms with Crippen molar-refractivity contribution in [2.45, 2.75) is 30.5 Å². The highest BCUT2D eigenvalue weighted by atomic mass is 35.5. The van der Waals surface area contributed by atoms with Gasteiger partial charge in [0.2, 0.25) is 0 Å². The number of β-lactam (4-membered cyclic amide) rings is 1. The van der Waals surface area contributed by atoms with E-state index in [2.05, 4.69) is 5.16 Å². The molecule has 0 spiro atoms. The van der Waals surface area contributed by atoms with E-state index in [-0.39, 0.29) is 28.1 Å². The predicted octanol–water partition coefficient (Wildman–Crippen LogP) is 3.43. The fourth-order valence-electron chi connectivity index (χ4n) is 3.65. The molecule has 2 unspecified atom stereocenters. The van der Waals surface area contributed by atoms with Gasteiger partial charge in [0.1, 0.15) is 28.5 Å². The number of aromatic nitrogens is 1. The molecule has 0 bridgehead atoms. The van der Waals surface area contributed by atoms with Crippen LogP contribution in [0.5, 0.6) is 0 Å². The molecule has 1 saturated heterocycles. The normalized spacial score (nSPS) is 22.8. The molecule has 30 heavy (non-hydrogen) atoms. The van der Waals surface area contributed by atoms with E-state index in [9.17, 15) is 24.6 Å². The Hall–Kier alpha value is -2.98. The first kappa shape index (κ1) is 20.3. The lowest BCUT2D eigenvalue weighted by Gasteiger charge is -2.52. The van der Waals surface area contributed by atoms with E-state index in [0.717, 1.165) is 9.80 Å². The lowest BCUT2D eigenvalue weighted by molar-refractivity contribution is -0.147. The van der Waals surface area contributed by atoms with E-state index < -0.39 is 29.4 Å². The minimum Gasteiger partial charge on any atom is -0.477 e. The van der Waals surface area contributed by atoms with Gasteiger partial charge in [-0.15, -0.1) is 11.8 Å². The highest BCUT2D eigenvalue weighted by Crippen LogP contribution is 2.46. The largest absolute Gasteiger partial charge is 0.477 e. The standard InChI is InChI=1S/C19H16ClN3O6S/c1-8-7-12(18(25)26)22-16(24)15(17(22)30-8)23(19(27)28)14-9(2)29-21-13(14)10-5-3-4-6-11(10)20/h3-8,15,17H,1-2H3,(H,25,26)(H,27,28)/t8?,15?,17-/m0/s1. The van der Waals surface area contributed by atoms with Crippen molar-refractivity contribution in [2.24, 2.45) is 0 Å². The molecule has 1 aromatic heterocycles. The van der Waals surface area contributed by atoms with Crippen LogP contribution >= 0.6 is 23.4 Å². The van der Waals surface area contributed by atoms with Crippen molar-refractivity contribution in [2.75, 3.05) is 4.90 Å². The summed E-state index contributed by atoms with van der Waals surface area (Å²) in [6, 6.07) is 5.62. The van der Waals surface area contributed by atoms with Gasteiger partial charge in [0, 0.05) is 10.8 Å². The summed E-state index contributed by atoms with van der Waals surface area (Å²) in [7, 11) is 0. The number of carbonyl (C=O) groups is 3. The molecule has 2 aliphatic rings. The highest BCUT2D eigenvalue weighted by molar-refractivity contribution is 8.00. The van der Waals surface area contributed by atoms with Crippen molar-refractivity contribution in [1.82, 2.24) is 10.1 Å². The number of nitrogens with zero attached hydrogens (tertiary/aromatic N) is 3. The van der Waals surface area contributed by atoms with E-state index in [1.54, 1.807) is 38.1 Å². The number of anilines is 1. The Kier molecular flexibility index (Phi) is 4.99. The Morgan fingerprint density at radius 2 is 2.00 bits per heavy atom. The first-order chi connectivity index (χ1) is 14.2.